The van der Waals surface area contributed by atoms with Crippen molar-refractivity contribution >= 4 is 11.8 Å². The highest BCUT2D eigenvalue weighted by atomic mass is 32.2. The molecule has 1 rings (SSSR count). The zero-order chi connectivity index (χ0) is 13.4. The van der Waals surface area contributed by atoms with Crippen molar-refractivity contribution in [2.45, 2.75) is 24.8 Å². The molecule has 5 heteroatoms. The van der Waals surface area contributed by atoms with Crippen molar-refractivity contribution in [1.82, 2.24) is 5.32 Å². The first-order valence-electron chi connectivity index (χ1n) is 5.99. The molecule has 0 atom stereocenters. The normalized spacial score (nSPS) is 10.9. The van der Waals surface area contributed by atoms with Crippen LogP contribution in [-0.2, 0) is 11.3 Å². The molecule has 0 heterocycles. The maximum Gasteiger partial charge on any atom is 0.140 e. The Morgan fingerprint density at radius 3 is 2.50 bits per heavy atom. The van der Waals surface area contributed by atoms with E-state index in [0.717, 1.165) is 12.2 Å². The first-order valence-corrected chi connectivity index (χ1v) is 6.98. The number of benzene rings is 1. The molecule has 0 aliphatic rings. The van der Waals surface area contributed by atoms with Crippen molar-refractivity contribution in [1.29, 1.82) is 0 Å². The molecule has 0 aliphatic carbocycles. The maximum atomic E-state index is 13.7. The van der Waals surface area contributed by atoms with Crippen LogP contribution >= 0.6 is 11.8 Å². The van der Waals surface area contributed by atoms with Crippen molar-refractivity contribution in [2.24, 2.45) is 0 Å². The van der Waals surface area contributed by atoms with E-state index in [4.69, 9.17) is 4.74 Å². The van der Waals surface area contributed by atoms with E-state index in [1.165, 1.54) is 23.9 Å². The summed E-state index contributed by atoms with van der Waals surface area (Å²) in [6.45, 7) is 3.66. The van der Waals surface area contributed by atoms with Gasteiger partial charge in [0.05, 0.1) is 11.5 Å². The van der Waals surface area contributed by atoms with E-state index in [0.29, 0.717) is 25.3 Å². The monoisotopic (exact) mass is 275 g/mol. The van der Waals surface area contributed by atoms with Crippen LogP contribution in [0.3, 0.4) is 0 Å². The summed E-state index contributed by atoms with van der Waals surface area (Å²) < 4.78 is 32.3. The summed E-state index contributed by atoms with van der Waals surface area (Å²) in [5.41, 5.74) is 0.613. The van der Waals surface area contributed by atoms with E-state index in [-0.39, 0.29) is 4.90 Å². The molecule has 2 nitrogen and oxygen atoms in total. The van der Waals surface area contributed by atoms with Gasteiger partial charge in [0.2, 0.25) is 0 Å². The van der Waals surface area contributed by atoms with E-state index in [9.17, 15) is 8.78 Å². The molecule has 0 fully saturated rings. The van der Waals surface area contributed by atoms with Crippen LogP contribution in [0.1, 0.15) is 18.9 Å². The zero-order valence-corrected chi connectivity index (χ0v) is 11.6. The molecule has 0 radical (unpaired) electrons. The lowest BCUT2D eigenvalue weighted by molar-refractivity contribution is 0.199. The fourth-order valence-electron chi connectivity index (χ4n) is 1.46. The van der Waals surface area contributed by atoms with Crippen molar-refractivity contribution in [3.05, 3.63) is 29.3 Å². The Kier molecular flexibility index (Phi) is 7.23. The van der Waals surface area contributed by atoms with E-state index in [2.05, 4.69) is 5.32 Å². The number of thioether (sulfide) groups is 1. The van der Waals surface area contributed by atoms with Crippen LogP contribution in [0.25, 0.3) is 0 Å². The lowest BCUT2D eigenvalue weighted by atomic mass is 10.2. The van der Waals surface area contributed by atoms with Crippen molar-refractivity contribution in [3.8, 4) is 0 Å². The summed E-state index contributed by atoms with van der Waals surface area (Å²) in [5.74, 6) is -0.229. The van der Waals surface area contributed by atoms with E-state index < -0.39 is 11.6 Å². The highest BCUT2D eigenvalue weighted by Crippen LogP contribution is 2.26. The first kappa shape index (κ1) is 15.4. The molecule has 1 aromatic rings. The van der Waals surface area contributed by atoms with Crippen LogP contribution in [0.15, 0.2) is 17.0 Å². The van der Waals surface area contributed by atoms with Crippen LogP contribution in [0.4, 0.5) is 8.78 Å². The van der Waals surface area contributed by atoms with Gasteiger partial charge in [0.1, 0.15) is 11.6 Å². The third-order valence-corrected chi connectivity index (χ3v) is 3.61. The van der Waals surface area contributed by atoms with Gasteiger partial charge in [-0.15, -0.1) is 11.8 Å². The molecular formula is C13H19F2NOS. The highest BCUT2D eigenvalue weighted by molar-refractivity contribution is 7.99. The maximum absolute atomic E-state index is 13.7. The number of hydrogen-bond donors (Lipinski definition) is 1. The van der Waals surface area contributed by atoms with Crippen molar-refractivity contribution < 1.29 is 13.5 Å². The lowest BCUT2D eigenvalue weighted by Crippen LogP contribution is -2.18. The minimum absolute atomic E-state index is 0.123. The second kappa shape index (κ2) is 8.45. The van der Waals surface area contributed by atoms with Crippen molar-refractivity contribution in [3.63, 3.8) is 0 Å². The van der Waals surface area contributed by atoms with Crippen LogP contribution < -0.4 is 5.32 Å². The van der Waals surface area contributed by atoms with E-state index in [1.54, 1.807) is 7.11 Å². The SMILES string of the molecule is CCCSc1c(F)cc(CNCCOC)cc1F. The lowest BCUT2D eigenvalue weighted by Gasteiger charge is -2.08. The second-order valence-corrected chi connectivity index (χ2v) is 5.01. The number of rotatable bonds is 8. The third kappa shape index (κ3) is 4.92. The summed E-state index contributed by atoms with van der Waals surface area (Å²) in [5, 5.41) is 3.05. The number of nitrogens with one attached hydrogen (secondary N) is 1. The summed E-state index contributed by atoms with van der Waals surface area (Å²) in [7, 11) is 1.61. The Balaban J connectivity index is 2.61. The predicted octanol–water partition coefficient (Wildman–Crippen LogP) is 3.20. The van der Waals surface area contributed by atoms with E-state index in [1.807, 2.05) is 6.92 Å². The highest BCUT2D eigenvalue weighted by Gasteiger charge is 2.11. The van der Waals surface area contributed by atoms with Crippen LogP contribution in [-0.4, -0.2) is 26.0 Å². The smallest absolute Gasteiger partial charge is 0.140 e. The van der Waals surface area contributed by atoms with Crippen LogP contribution in [0.5, 0.6) is 0 Å². The van der Waals surface area contributed by atoms with E-state index >= 15 is 0 Å². The molecule has 1 N–H and O–H groups in total. The zero-order valence-electron chi connectivity index (χ0n) is 10.8. The molecule has 0 aromatic heterocycles. The van der Waals surface area contributed by atoms with Crippen LogP contribution in [0, 0.1) is 11.6 Å². The molecule has 0 unspecified atom stereocenters. The van der Waals surface area contributed by atoms with Gasteiger partial charge in [0, 0.05) is 20.2 Å². The average Bonchev–Trinajstić information content (AvgIpc) is 2.34. The average molecular weight is 275 g/mol. The molecule has 1 aromatic carbocycles. The summed E-state index contributed by atoms with van der Waals surface area (Å²) in [4.78, 5) is 0.123. The molecule has 0 amide bonds. The Morgan fingerprint density at radius 2 is 1.94 bits per heavy atom. The van der Waals surface area contributed by atoms with Gasteiger partial charge in [-0.3, -0.25) is 0 Å². The quantitative estimate of drug-likeness (QED) is 0.581. The Labute approximate surface area is 111 Å². The molecule has 0 bridgehead atoms. The van der Waals surface area contributed by atoms with Gasteiger partial charge in [-0.1, -0.05) is 6.92 Å². The Hall–Kier alpha value is -0.650. The van der Waals surface area contributed by atoms with Crippen LogP contribution in [0.2, 0.25) is 0 Å². The predicted molar refractivity (Wildman–Crippen MR) is 71.0 cm³/mol. The number of ether oxygens (including phenoxy) is 1. The van der Waals surface area contributed by atoms with Gasteiger partial charge in [0.25, 0.3) is 0 Å². The summed E-state index contributed by atoms with van der Waals surface area (Å²) in [6.07, 6.45) is 0.893. The fraction of sp³-hybridized carbons (Fsp3) is 0.538. The summed E-state index contributed by atoms with van der Waals surface area (Å²) in [6, 6.07) is 2.78. The number of hydrogen-bond acceptors (Lipinski definition) is 3. The topological polar surface area (TPSA) is 21.3 Å². The van der Waals surface area contributed by atoms with Gasteiger partial charge in [0.15, 0.2) is 0 Å². The number of methoxy groups -OCH3 is 1. The largest absolute Gasteiger partial charge is 0.383 e. The second-order valence-electron chi connectivity index (χ2n) is 3.91. The third-order valence-electron chi connectivity index (χ3n) is 2.32. The Morgan fingerprint density at radius 1 is 1.28 bits per heavy atom. The van der Waals surface area contributed by atoms with Crippen molar-refractivity contribution in [2.75, 3.05) is 26.0 Å². The van der Waals surface area contributed by atoms with Gasteiger partial charge in [-0.05, 0) is 29.9 Å². The molecule has 0 saturated heterocycles. The molecular weight excluding hydrogens is 256 g/mol. The molecule has 0 saturated carbocycles. The van der Waals surface area contributed by atoms with Gasteiger partial charge in [-0.2, -0.15) is 0 Å². The van der Waals surface area contributed by atoms with Gasteiger partial charge in [-0.25, -0.2) is 8.78 Å². The molecule has 102 valence electrons. The van der Waals surface area contributed by atoms with Gasteiger partial charge < -0.3 is 10.1 Å². The molecule has 0 aliphatic heterocycles. The molecule has 18 heavy (non-hydrogen) atoms. The Bertz CT molecular complexity index is 351. The summed E-state index contributed by atoms with van der Waals surface area (Å²) >= 11 is 1.22. The first-order chi connectivity index (χ1) is 8.69. The standard InChI is InChI=1S/C13H19F2NOS/c1-3-6-18-13-11(14)7-10(8-12(13)15)9-16-4-5-17-2/h7-8,16H,3-6,9H2,1-2H3. The fourth-order valence-corrected chi connectivity index (χ4v) is 2.27. The number of halogens is 2. The minimum atomic E-state index is -0.475. The molecule has 0 spiro atoms. The minimum Gasteiger partial charge on any atom is -0.383 e. The van der Waals surface area contributed by atoms with Gasteiger partial charge >= 0.3 is 0 Å².